The molecule has 0 aromatic heterocycles. The van der Waals surface area contributed by atoms with Gasteiger partial charge >= 0.3 is 0 Å². The van der Waals surface area contributed by atoms with Gasteiger partial charge in [-0.25, -0.2) is 4.39 Å². The topological polar surface area (TPSA) is 12.0 Å². The van der Waals surface area contributed by atoms with Crippen molar-refractivity contribution in [1.29, 1.82) is 0 Å². The van der Waals surface area contributed by atoms with Gasteiger partial charge in [-0.2, -0.15) is 0 Å². The molecule has 1 N–H and O–H groups in total. The standard InChI is InChI=1S/C15H24FN/c1-2-3-4-5-6-7-8-13-17-15-11-9-14(16)10-12-15/h9-12,17H,2-8,13H2,1H3. The largest absolute Gasteiger partial charge is 0.385 e. The third kappa shape index (κ3) is 6.98. The number of unbranched alkanes of at least 4 members (excludes halogenated alkanes) is 6. The fourth-order valence-electron chi connectivity index (χ4n) is 1.88. The van der Waals surface area contributed by atoms with Gasteiger partial charge in [0.15, 0.2) is 0 Å². The zero-order chi connectivity index (χ0) is 12.3. The van der Waals surface area contributed by atoms with Crippen LogP contribution in [0.3, 0.4) is 0 Å². The monoisotopic (exact) mass is 237 g/mol. The van der Waals surface area contributed by atoms with Crippen molar-refractivity contribution in [2.45, 2.75) is 51.9 Å². The first-order valence-electron chi connectivity index (χ1n) is 6.82. The lowest BCUT2D eigenvalue weighted by Gasteiger charge is -2.06. The van der Waals surface area contributed by atoms with Crippen LogP contribution in [-0.2, 0) is 0 Å². The minimum absolute atomic E-state index is 0.175. The van der Waals surface area contributed by atoms with Crippen molar-refractivity contribution in [2.75, 3.05) is 11.9 Å². The van der Waals surface area contributed by atoms with E-state index in [1.165, 1.54) is 57.1 Å². The average molecular weight is 237 g/mol. The normalized spacial score (nSPS) is 10.5. The molecule has 0 spiro atoms. The molecule has 0 bridgehead atoms. The first-order chi connectivity index (χ1) is 8.33. The lowest BCUT2D eigenvalue weighted by molar-refractivity contribution is 0.596. The number of hydrogen-bond donors (Lipinski definition) is 1. The first-order valence-corrected chi connectivity index (χ1v) is 6.82. The second-order valence-corrected chi connectivity index (χ2v) is 4.55. The van der Waals surface area contributed by atoms with E-state index in [-0.39, 0.29) is 5.82 Å². The van der Waals surface area contributed by atoms with E-state index in [0.717, 1.165) is 12.2 Å². The lowest BCUT2D eigenvalue weighted by Crippen LogP contribution is -2.01. The van der Waals surface area contributed by atoms with Crippen molar-refractivity contribution in [3.8, 4) is 0 Å². The summed E-state index contributed by atoms with van der Waals surface area (Å²) in [4.78, 5) is 0. The number of nitrogens with one attached hydrogen (secondary N) is 1. The summed E-state index contributed by atoms with van der Waals surface area (Å²) >= 11 is 0. The molecule has 0 saturated heterocycles. The van der Waals surface area contributed by atoms with Gasteiger partial charge in [0.1, 0.15) is 5.82 Å². The predicted molar refractivity (Wildman–Crippen MR) is 72.9 cm³/mol. The zero-order valence-electron chi connectivity index (χ0n) is 10.8. The molecule has 0 unspecified atom stereocenters. The summed E-state index contributed by atoms with van der Waals surface area (Å²) in [5.41, 5.74) is 1.01. The minimum atomic E-state index is -0.175. The maximum absolute atomic E-state index is 12.6. The summed E-state index contributed by atoms with van der Waals surface area (Å²) in [6.45, 7) is 3.23. The summed E-state index contributed by atoms with van der Waals surface area (Å²) in [6, 6.07) is 6.56. The third-order valence-electron chi connectivity index (χ3n) is 2.95. The van der Waals surface area contributed by atoms with Crippen LogP contribution in [0, 0.1) is 5.82 Å². The molecular weight excluding hydrogens is 213 g/mol. The van der Waals surface area contributed by atoms with E-state index in [9.17, 15) is 4.39 Å². The summed E-state index contributed by atoms with van der Waals surface area (Å²) in [6.07, 6.45) is 9.25. The van der Waals surface area contributed by atoms with E-state index in [1.807, 2.05) is 0 Å². The summed E-state index contributed by atoms with van der Waals surface area (Å²) in [5.74, 6) is -0.175. The number of rotatable bonds is 9. The Morgan fingerprint density at radius 2 is 1.47 bits per heavy atom. The Morgan fingerprint density at radius 3 is 2.12 bits per heavy atom. The molecule has 17 heavy (non-hydrogen) atoms. The van der Waals surface area contributed by atoms with Gasteiger partial charge in [0.05, 0.1) is 0 Å². The first kappa shape index (κ1) is 14.0. The van der Waals surface area contributed by atoms with Crippen molar-refractivity contribution < 1.29 is 4.39 Å². The van der Waals surface area contributed by atoms with Gasteiger partial charge in [-0.05, 0) is 30.7 Å². The summed E-state index contributed by atoms with van der Waals surface area (Å²) in [5, 5.41) is 3.31. The SMILES string of the molecule is CCCCCCCCCNc1ccc(F)cc1. The van der Waals surface area contributed by atoms with Crippen LogP contribution in [0.2, 0.25) is 0 Å². The van der Waals surface area contributed by atoms with Crippen LogP contribution < -0.4 is 5.32 Å². The van der Waals surface area contributed by atoms with Gasteiger partial charge in [0, 0.05) is 12.2 Å². The summed E-state index contributed by atoms with van der Waals surface area (Å²) in [7, 11) is 0. The highest BCUT2D eigenvalue weighted by Crippen LogP contribution is 2.10. The van der Waals surface area contributed by atoms with E-state index < -0.39 is 0 Å². The Labute approximate surface area is 104 Å². The Kier molecular flexibility index (Phi) is 7.44. The van der Waals surface area contributed by atoms with Crippen LogP contribution in [-0.4, -0.2) is 6.54 Å². The highest BCUT2D eigenvalue weighted by Gasteiger charge is 1.93. The van der Waals surface area contributed by atoms with Gasteiger partial charge in [-0.1, -0.05) is 45.4 Å². The molecule has 1 aromatic rings. The molecule has 1 nitrogen and oxygen atoms in total. The quantitative estimate of drug-likeness (QED) is 0.597. The van der Waals surface area contributed by atoms with Crippen molar-refractivity contribution in [2.24, 2.45) is 0 Å². The van der Waals surface area contributed by atoms with E-state index in [4.69, 9.17) is 0 Å². The molecule has 0 heterocycles. The molecule has 96 valence electrons. The Morgan fingerprint density at radius 1 is 0.882 bits per heavy atom. The molecule has 1 aromatic carbocycles. The van der Waals surface area contributed by atoms with Crippen molar-refractivity contribution in [3.05, 3.63) is 30.1 Å². The van der Waals surface area contributed by atoms with Crippen LogP contribution in [0.4, 0.5) is 10.1 Å². The highest BCUT2D eigenvalue weighted by atomic mass is 19.1. The number of benzene rings is 1. The average Bonchev–Trinajstić information content (AvgIpc) is 2.35. The van der Waals surface area contributed by atoms with Crippen LogP contribution in [0.5, 0.6) is 0 Å². The highest BCUT2D eigenvalue weighted by molar-refractivity contribution is 5.42. The molecule has 0 radical (unpaired) electrons. The molecule has 0 aliphatic carbocycles. The van der Waals surface area contributed by atoms with Gasteiger partial charge in [0.25, 0.3) is 0 Å². The molecule has 0 fully saturated rings. The number of halogens is 1. The van der Waals surface area contributed by atoms with Crippen LogP contribution in [0.15, 0.2) is 24.3 Å². The van der Waals surface area contributed by atoms with E-state index in [2.05, 4.69) is 12.2 Å². The van der Waals surface area contributed by atoms with E-state index in [0.29, 0.717) is 0 Å². The van der Waals surface area contributed by atoms with Crippen molar-refractivity contribution in [1.82, 2.24) is 0 Å². The third-order valence-corrected chi connectivity index (χ3v) is 2.95. The molecule has 2 heteroatoms. The molecule has 1 rings (SSSR count). The van der Waals surface area contributed by atoms with Crippen molar-refractivity contribution in [3.63, 3.8) is 0 Å². The van der Waals surface area contributed by atoms with Gasteiger partial charge in [0.2, 0.25) is 0 Å². The van der Waals surface area contributed by atoms with Crippen molar-refractivity contribution >= 4 is 5.69 Å². The second kappa shape index (κ2) is 9.03. The van der Waals surface area contributed by atoms with E-state index in [1.54, 1.807) is 12.1 Å². The smallest absolute Gasteiger partial charge is 0.123 e. The Bertz CT molecular complexity index is 281. The molecule has 0 saturated carbocycles. The lowest BCUT2D eigenvalue weighted by atomic mass is 10.1. The molecule has 0 aliphatic rings. The Balaban J connectivity index is 1.95. The fraction of sp³-hybridized carbons (Fsp3) is 0.600. The maximum atomic E-state index is 12.6. The fourth-order valence-corrected chi connectivity index (χ4v) is 1.88. The van der Waals surface area contributed by atoms with E-state index >= 15 is 0 Å². The zero-order valence-corrected chi connectivity index (χ0v) is 10.8. The maximum Gasteiger partial charge on any atom is 0.123 e. The molecule has 0 atom stereocenters. The Hall–Kier alpha value is -1.05. The van der Waals surface area contributed by atoms with Crippen LogP contribution in [0.25, 0.3) is 0 Å². The molecule has 0 amide bonds. The minimum Gasteiger partial charge on any atom is -0.385 e. The van der Waals surface area contributed by atoms with Crippen LogP contribution in [0.1, 0.15) is 51.9 Å². The molecular formula is C15H24FN. The van der Waals surface area contributed by atoms with Gasteiger partial charge < -0.3 is 5.32 Å². The summed E-state index contributed by atoms with van der Waals surface area (Å²) < 4.78 is 12.6. The predicted octanol–water partition coefficient (Wildman–Crippen LogP) is 4.99. The molecule has 0 aliphatic heterocycles. The van der Waals surface area contributed by atoms with Gasteiger partial charge in [-0.15, -0.1) is 0 Å². The van der Waals surface area contributed by atoms with Crippen LogP contribution >= 0.6 is 0 Å². The number of anilines is 1. The van der Waals surface area contributed by atoms with Gasteiger partial charge in [-0.3, -0.25) is 0 Å². The second-order valence-electron chi connectivity index (χ2n) is 4.55. The number of hydrogen-bond acceptors (Lipinski definition) is 1.